The second kappa shape index (κ2) is 7.70. The van der Waals surface area contributed by atoms with Gasteiger partial charge in [0.15, 0.2) is 0 Å². The fraction of sp³-hybridized carbons (Fsp3) is 0.316. The Labute approximate surface area is 154 Å². The van der Waals surface area contributed by atoms with Crippen molar-refractivity contribution in [1.29, 1.82) is 0 Å². The first-order valence-electron chi connectivity index (χ1n) is 8.39. The van der Waals surface area contributed by atoms with Crippen LogP contribution in [0.4, 0.5) is 5.69 Å². The van der Waals surface area contributed by atoms with Crippen LogP contribution in [0, 0.1) is 11.8 Å². The third-order valence-electron chi connectivity index (χ3n) is 4.35. The number of rotatable bonds is 5. The van der Waals surface area contributed by atoms with Gasteiger partial charge in [0.25, 0.3) is 0 Å². The first-order valence-corrected chi connectivity index (χ1v) is 9.20. The normalized spacial score (nSPS) is 19.3. The van der Waals surface area contributed by atoms with Gasteiger partial charge >= 0.3 is 11.9 Å². The number of carbonyl (C=O) groups is 3. The lowest BCUT2D eigenvalue weighted by atomic mass is 9.82. The van der Waals surface area contributed by atoms with E-state index in [1.54, 1.807) is 31.2 Å². The molecule has 2 unspecified atom stereocenters. The van der Waals surface area contributed by atoms with E-state index >= 15 is 0 Å². The lowest BCUT2D eigenvalue weighted by Crippen LogP contribution is -2.34. The summed E-state index contributed by atoms with van der Waals surface area (Å²) in [5.41, 5.74) is 0.578. The Kier molecular flexibility index (Phi) is 5.37. The second-order valence-corrected chi connectivity index (χ2v) is 7.15. The third-order valence-corrected chi connectivity index (χ3v) is 5.44. The van der Waals surface area contributed by atoms with Crippen LogP contribution in [-0.4, -0.2) is 29.6 Å². The maximum Gasteiger partial charge on any atom is 0.348 e. The van der Waals surface area contributed by atoms with Crippen molar-refractivity contribution < 1.29 is 24.2 Å². The average Bonchev–Trinajstić information content (AvgIpc) is 3.05. The van der Waals surface area contributed by atoms with E-state index in [-0.39, 0.29) is 11.9 Å². The molecular weight excluding hydrogens is 354 g/mol. The number of carboxylic acid groups (broad SMARTS) is 1. The molecular formula is C19H19NO5S. The highest BCUT2D eigenvalue weighted by Gasteiger charge is 2.33. The zero-order valence-corrected chi connectivity index (χ0v) is 15.0. The molecule has 26 heavy (non-hydrogen) atoms. The summed E-state index contributed by atoms with van der Waals surface area (Å²) in [6.45, 7) is 2.07. The number of hydrogen-bond acceptors (Lipinski definition) is 5. The molecule has 7 heteroatoms. The second-order valence-electron chi connectivity index (χ2n) is 6.07. The van der Waals surface area contributed by atoms with Crippen molar-refractivity contribution in [1.82, 2.24) is 0 Å². The Morgan fingerprint density at radius 1 is 1.19 bits per heavy atom. The topological polar surface area (TPSA) is 92.7 Å². The Morgan fingerprint density at radius 3 is 2.62 bits per heavy atom. The van der Waals surface area contributed by atoms with Gasteiger partial charge in [0.2, 0.25) is 5.91 Å². The van der Waals surface area contributed by atoms with Crippen LogP contribution in [0.25, 0.3) is 10.1 Å². The molecule has 1 aliphatic carbocycles. The summed E-state index contributed by atoms with van der Waals surface area (Å²) in [5.74, 6) is -2.92. The monoisotopic (exact) mass is 373 g/mol. The number of fused-ring (bicyclic) bond motifs is 1. The number of esters is 1. The summed E-state index contributed by atoms with van der Waals surface area (Å²) in [5, 5.41) is 12.9. The van der Waals surface area contributed by atoms with Crippen molar-refractivity contribution in [3.8, 4) is 0 Å². The smallest absolute Gasteiger partial charge is 0.348 e. The Balaban J connectivity index is 1.78. The van der Waals surface area contributed by atoms with E-state index in [0.29, 0.717) is 30.0 Å². The van der Waals surface area contributed by atoms with Gasteiger partial charge in [0, 0.05) is 10.4 Å². The fourth-order valence-electron chi connectivity index (χ4n) is 3.04. The number of amides is 1. The van der Waals surface area contributed by atoms with E-state index < -0.39 is 17.8 Å². The van der Waals surface area contributed by atoms with Gasteiger partial charge in [-0.2, -0.15) is 0 Å². The largest absolute Gasteiger partial charge is 0.481 e. The zero-order chi connectivity index (χ0) is 18.7. The number of carboxylic acids is 1. The summed E-state index contributed by atoms with van der Waals surface area (Å²) in [6, 6.07) is 7.09. The maximum absolute atomic E-state index is 12.5. The van der Waals surface area contributed by atoms with E-state index in [9.17, 15) is 19.5 Å². The number of carbonyl (C=O) groups excluding carboxylic acids is 2. The van der Waals surface area contributed by atoms with Crippen LogP contribution in [0.1, 0.15) is 29.4 Å². The maximum atomic E-state index is 12.5. The standard InChI is InChI=1S/C19H19NO5S/c1-2-25-19(24)16-10-11-9-12(7-8-15(11)26-16)20-17(21)13-5-3-4-6-14(13)18(22)23/h3-4,7-10,13-14H,2,5-6H2,1H3,(H,20,21)(H,22,23). The molecule has 0 radical (unpaired) electrons. The molecule has 1 aromatic heterocycles. The van der Waals surface area contributed by atoms with Gasteiger partial charge in [-0.05, 0) is 49.4 Å². The molecule has 2 atom stereocenters. The molecule has 1 amide bonds. The highest BCUT2D eigenvalue weighted by atomic mass is 32.1. The SMILES string of the molecule is CCOC(=O)c1cc2cc(NC(=O)C3CC=CCC3C(=O)O)ccc2s1. The highest BCUT2D eigenvalue weighted by Crippen LogP contribution is 2.30. The lowest BCUT2D eigenvalue weighted by molar-refractivity contribution is -0.146. The van der Waals surface area contributed by atoms with Crippen molar-refractivity contribution in [3.05, 3.63) is 41.3 Å². The van der Waals surface area contributed by atoms with Gasteiger partial charge < -0.3 is 15.2 Å². The van der Waals surface area contributed by atoms with Crippen LogP contribution in [0.5, 0.6) is 0 Å². The predicted octanol–water partition coefficient (Wildman–Crippen LogP) is 3.68. The van der Waals surface area contributed by atoms with Crippen LogP contribution in [0.3, 0.4) is 0 Å². The molecule has 0 bridgehead atoms. The average molecular weight is 373 g/mol. The van der Waals surface area contributed by atoms with Crippen molar-refractivity contribution in [2.75, 3.05) is 11.9 Å². The lowest BCUT2D eigenvalue weighted by Gasteiger charge is -2.24. The van der Waals surface area contributed by atoms with E-state index in [1.807, 2.05) is 12.1 Å². The van der Waals surface area contributed by atoms with Crippen LogP contribution in [0.15, 0.2) is 36.4 Å². The Bertz CT molecular complexity index is 885. The van der Waals surface area contributed by atoms with Crippen molar-refractivity contribution >= 4 is 45.0 Å². The number of nitrogens with one attached hydrogen (secondary N) is 1. The van der Waals surface area contributed by atoms with Gasteiger partial charge in [-0.1, -0.05) is 12.2 Å². The van der Waals surface area contributed by atoms with Crippen LogP contribution >= 0.6 is 11.3 Å². The minimum atomic E-state index is -0.957. The summed E-state index contributed by atoms with van der Waals surface area (Å²) < 4.78 is 5.92. The number of allylic oxidation sites excluding steroid dienone is 2. The van der Waals surface area contributed by atoms with E-state index in [2.05, 4.69) is 5.32 Å². The van der Waals surface area contributed by atoms with Crippen molar-refractivity contribution in [2.24, 2.45) is 11.8 Å². The predicted molar refractivity (Wildman–Crippen MR) is 99.4 cm³/mol. The molecule has 1 heterocycles. The zero-order valence-electron chi connectivity index (χ0n) is 14.2. The molecule has 1 aliphatic rings. The minimum Gasteiger partial charge on any atom is -0.481 e. The molecule has 136 valence electrons. The van der Waals surface area contributed by atoms with Crippen molar-refractivity contribution in [2.45, 2.75) is 19.8 Å². The quantitative estimate of drug-likeness (QED) is 0.616. The molecule has 0 fully saturated rings. The van der Waals surface area contributed by atoms with Crippen LogP contribution < -0.4 is 5.32 Å². The number of anilines is 1. The first kappa shape index (κ1) is 18.1. The van der Waals surface area contributed by atoms with Gasteiger partial charge in [-0.3, -0.25) is 9.59 Å². The van der Waals surface area contributed by atoms with E-state index in [4.69, 9.17) is 4.74 Å². The summed E-state index contributed by atoms with van der Waals surface area (Å²) in [4.78, 5) is 36.2. The molecule has 2 aromatic rings. The summed E-state index contributed by atoms with van der Waals surface area (Å²) in [6.07, 6.45) is 4.42. The van der Waals surface area contributed by atoms with Crippen LogP contribution in [0.2, 0.25) is 0 Å². The van der Waals surface area contributed by atoms with Crippen LogP contribution in [-0.2, 0) is 14.3 Å². The Morgan fingerprint density at radius 2 is 1.92 bits per heavy atom. The number of ether oxygens (including phenoxy) is 1. The van der Waals surface area contributed by atoms with Gasteiger partial charge in [-0.15, -0.1) is 11.3 Å². The molecule has 0 aliphatic heterocycles. The number of aliphatic carboxylic acids is 1. The molecule has 2 N–H and O–H groups in total. The van der Waals surface area contributed by atoms with E-state index in [1.165, 1.54) is 11.3 Å². The van der Waals surface area contributed by atoms with Gasteiger partial charge in [0.05, 0.1) is 18.4 Å². The molecule has 1 aromatic carbocycles. The summed E-state index contributed by atoms with van der Waals surface area (Å²) in [7, 11) is 0. The fourth-order valence-corrected chi connectivity index (χ4v) is 3.97. The number of benzene rings is 1. The molecule has 0 spiro atoms. The highest BCUT2D eigenvalue weighted by molar-refractivity contribution is 7.20. The minimum absolute atomic E-state index is 0.304. The molecule has 0 saturated carbocycles. The third kappa shape index (κ3) is 3.77. The van der Waals surface area contributed by atoms with Gasteiger partial charge in [0.1, 0.15) is 4.88 Å². The molecule has 6 nitrogen and oxygen atoms in total. The van der Waals surface area contributed by atoms with Crippen molar-refractivity contribution in [3.63, 3.8) is 0 Å². The first-order chi connectivity index (χ1) is 12.5. The van der Waals surface area contributed by atoms with Gasteiger partial charge in [-0.25, -0.2) is 4.79 Å². The van der Waals surface area contributed by atoms with E-state index in [0.717, 1.165) is 10.1 Å². The Hall–Kier alpha value is -2.67. The number of hydrogen-bond donors (Lipinski definition) is 2. The molecule has 0 saturated heterocycles. The number of thiophene rings is 1. The molecule has 3 rings (SSSR count). The summed E-state index contributed by atoms with van der Waals surface area (Å²) >= 11 is 1.33.